The molecule has 7 heteroatoms. The first-order valence-corrected chi connectivity index (χ1v) is 9.70. The molecule has 4 rings (SSSR count). The van der Waals surface area contributed by atoms with Crippen molar-refractivity contribution in [2.75, 3.05) is 26.2 Å². The van der Waals surface area contributed by atoms with E-state index >= 15 is 0 Å². The number of aromatic nitrogens is 1. The number of carbonyl (C=O) groups excluding carboxylic acids is 1. The lowest BCUT2D eigenvalue weighted by atomic mass is 10.2. The lowest BCUT2D eigenvalue weighted by molar-refractivity contribution is 0.0590. The summed E-state index contributed by atoms with van der Waals surface area (Å²) in [5, 5.41) is 3.78. The highest BCUT2D eigenvalue weighted by Crippen LogP contribution is 2.30. The number of piperazine rings is 1. The number of thiophene rings is 1. The van der Waals surface area contributed by atoms with Gasteiger partial charge < -0.3 is 9.42 Å². The number of carbonyl (C=O) groups is 1. The van der Waals surface area contributed by atoms with Crippen molar-refractivity contribution in [2.45, 2.75) is 13.5 Å². The van der Waals surface area contributed by atoms with Crippen molar-refractivity contribution in [3.05, 3.63) is 64.6 Å². The van der Waals surface area contributed by atoms with Gasteiger partial charge in [-0.3, -0.25) is 9.69 Å². The standard InChI is InChI=1S/C20H20FN3O2S/c1-14-12-18(26-22-14)20(25)24-10-8-23(9-11-24)13-15-6-7-19(27-15)16-4-2-3-5-17(16)21/h2-7,12H,8-11,13H2,1H3. The molecule has 0 N–H and O–H groups in total. The van der Waals surface area contributed by atoms with Gasteiger partial charge >= 0.3 is 0 Å². The predicted molar refractivity (Wildman–Crippen MR) is 102 cm³/mol. The number of hydrogen-bond acceptors (Lipinski definition) is 5. The van der Waals surface area contributed by atoms with Gasteiger partial charge in [0, 0.05) is 54.1 Å². The topological polar surface area (TPSA) is 49.6 Å². The van der Waals surface area contributed by atoms with Crippen LogP contribution in [0.15, 0.2) is 47.0 Å². The molecule has 1 aliphatic rings. The van der Waals surface area contributed by atoms with E-state index in [1.165, 1.54) is 10.9 Å². The Morgan fingerprint density at radius 1 is 1.19 bits per heavy atom. The molecular weight excluding hydrogens is 365 g/mol. The molecule has 1 saturated heterocycles. The monoisotopic (exact) mass is 385 g/mol. The van der Waals surface area contributed by atoms with Crippen LogP contribution >= 0.6 is 11.3 Å². The maximum atomic E-state index is 14.0. The Labute approximate surface area is 161 Å². The highest BCUT2D eigenvalue weighted by atomic mass is 32.1. The van der Waals surface area contributed by atoms with Crippen LogP contribution in [-0.2, 0) is 6.54 Å². The molecule has 1 aromatic carbocycles. The molecule has 0 bridgehead atoms. The van der Waals surface area contributed by atoms with Crippen LogP contribution in [-0.4, -0.2) is 47.0 Å². The van der Waals surface area contributed by atoms with E-state index in [4.69, 9.17) is 4.52 Å². The normalized spacial score (nSPS) is 15.3. The highest BCUT2D eigenvalue weighted by molar-refractivity contribution is 7.15. The summed E-state index contributed by atoms with van der Waals surface area (Å²) in [6, 6.07) is 12.6. The van der Waals surface area contributed by atoms with E-state index in [-0.39, 0.29) is 11.7 Å². The second kappa shape index (κ2) is 7.62. The Morgan fingerprint density at radius 2 is 1.96 bits per heavy atom. The van der Waals surface area contributed by atoms with Crippen LogP contribution in [0.5, 0.6) is 0 Å². The van der Waals surface area contributed by atoms with Crippen LogP contribution in [0.1, 0.15) is 21.1 Å². The lowest BCUT2D eigenvalue weighted by Crippen LogP contribution is -2.48. The molecule has 0 spiro atoms. The Balaban J connectivity index is 1.35. The van der Waals surface area contributed by atoms with Crippen LogP contribution < -0.4 is 0 Å². The van der Waals surface area contributed by atoms with Crippen LogP contribution in [0.3, 0.4) is 0 Å². The fraction of sp³-hybridized carbons (Fsp3) is 0.300. The van der Waals surface area contributed by atoms with Gasteiger partial charge in [0.2, 0.25) is 5.76 Å². The van der Waals surface area contributed by atoms with Crippen molar-refractivity contribution in [3.8, 4) is 10.4 Å². The summed E-state index contributed by atoms with van der Waals surface area (Å²) >= 11 is 1.62. The van der Waals surface area contributed by atoms with Crippen molar-refractivity contribution in [1.82, 2.24) is 15.0 Å². The maximum absolute atomic E-state index is 14.0. The summed E-state index contributed by atoms with van der Waals surface area (Å²) in [7, 11) is 0. The largest absolute Gasteiger partial charge is 0.351 e. The SMILES string of the molecule is Cc1cc(C(=O)N2CCN(Cc3ccc(-c4ccccc4F)s3)CC2)on1. The van der Waals surface area contributed by atoms with Gasteiger partial charge in [-0.15, -0.1) is 11.3 Å². The predicted octanol–water partition coefficient (Wildman–Crippen LogP) is 3.81. The molecular formula is C20H20FN3O2S. The molecule has 0 radical (unpaired) electrons. The smallest absolute Gasteiger partial charge is 0.292 e. The molecule has 5 nitrogen and oxygen atoms in total. The van der Waals surface area contributed by atoms with Crippen molar-refractivity contribution < 1.29 is 13.7 Å². The fourth-order valence-electron chi connectivity index (χ4n) is 3.22. The summed E-state index contributed by atoms with van der Waals surface area (Å²) in [6.45, 7) is 5.52. The molecule has 1 fully saturated rings. The van der Waals surface area contributed by atoms with E-state index in [9.17, 15) is 9.18 Å². The van der Waals surface area contributed by atoms with E-state index in [0.717, 1.165) is 24.5 Å². The van der Waals surface area contributed by atoms with Gasteiger partial charge in [-0.05, 0) is 25.1 Å². The van der Waals surface area contributed by atoms with Crippen molar-refractivity contribution in [3.63, 3.8) is 0 Å². The van der Waals surface area contributed by atoms with Gasteiger partial charge in [0.05, 0.1) is 5.69 Å². The van der Waals surface area contributed by atoms with E-state index in [1.54, 1.807) is 41.4 Å². The molecule has 3 aromatic rings. The van der Waals surface area contributed by atoms with Gasteiger partial charge in [0.15, 0.2) is 0 Å². The van der Waals surface area contributed by atoms with Gasteiger partial charge in [-0.1, -0.05) is 23.4 Å². The number of rotatable bonds is 4. The average Bonchev–Trinajstić information content (AvgIpc) is 3.31. The van der Waals surface area contributed by atoms with Crippen LogP contribution in [0.25, 0.3) is 10.4 Å². The van der Waals surface area contributed by atoms with E-state index in [1.807, 2.05) is 12.1 Å². The van der Waals surface area contributed by atoms with Gasteiger partial charge in [-0.25, -0.2) is 4.39 Å². The number of nitrogens with zero attached hydrogens (tertiary/aromatic N) is 3. The Kier molecular flexibility index (Phi) is 5.05. The Morgan fingerprint density at radius 3 is 2.67 bits per heavy atom. The van der Waals surface area contributed by atoms with Crippen LogP contribution in [0.2, 0.25) is 0 Å². The zero-order valence-electron chi connectivity index (χ0n) is 15.0. The minimum absolute atomic E-state index is 0.104. The summed E-state index contributed by atoms with van der Waals surface area (Å²) in [6.07, 6.45) is 0. The Hall–Kier alpha value is -2.51. The van der Waals surface area contributed by atoms with E-state index in [0.29, 0.717) is 30.1 Å². The number of aryl methyl sites for hydroxylation is 1. The van der Waals surface area contributed by atoms with Gasteiger partial charge in [0.1, 0.15) is 5.82 Å². The maximum Gasteiger partial charge on any atom is 0.292 e. The number of halogens is 1. The summed E-state index contributed by atoms with van der Waals surface area (Å²) in [5.41, 5.74) is 1.35. The van der Waals surface area contributed by atoms with Crippen LogP contribution in [0, 0.1) is 12.7 Å². The first-order chi connectivity index (χ1) is 13.1. The van der Waals surface area contributed by atoms with Crippen LogP contribution in [0.4, 0.5) is 4.39 Å². The summed E-state index contributed by atoms with van der Waals surface area (Å²) < 4.78 is 19.0. The molecule has 1 aliphatic heterocycles. The minimum Gasteiger partial charge on any atom is -0.351 e. The molecule has 27 heavy (non-hydrogen) atoms. The third-order valence-electron chi connectivity index (χ3n) is 4.68. The summed E-state index contributed by atoms with van der Waals surface area (Å²) in [4.78, 5) is 18.7. The average molecular weight is 385 g/mol. The molecule has 1 amide bonds. The molecule has 0 saturated carbocycles. The van der Waals surface area contributed by atoms with E-state index < -0.39 is 0 Å². The third kappa shape index (κ3) is 3.94. The zero-order valence-corrected chi connectivity index (χ0v) is 15.8. The second-order valence-corrected chi connectivity index (χ2v) is 7.82. The lowest BCUT2D eigenvalue weighted by Gasteiger charge is -2.33. The second-order valence-electron chi connectivity index (χ2n) is 6.65. The minimum atomic E-state index is -0.194. The fourth-order valence-corrected chi connectivity index (χ4v) is 4.30. The summed E-state index contributed by atoms with van der Waals surface area (Å²) in [5.74, 6) is 0.00243. The van der Waals surface area contributed by atoms with Gasteiger partial charge in [-0.2, -0.15) is 0 Å². The van der Waals surface area contributed by atoms with Gasteiger partial charge in [0.25, 0.3) is 5.91 Å². The third-order valence-corrected chi connectivity index (χ3v) is 5.78. The number of amides is 1. The number of benzene rings is 1. The zero-order chi connectivity index (χ0) is 18.8. The first-order valence-electron chi connectivity index (χ1n) is 8.89. The molecule has 0 aliphatic carbocycles. The highest BCUT2D eigenvalue weighted by Gasteiger charge is 2.25. The molecule has 140 valence electrons. The molecule has 2 aromatic heterocycles. The van der Waals surface area contributed by atoms with E-state index in [2.05, 4.69) is 16.1 Å². The van der Waals surface area contributed by atoms with Crippen molar-refractivity contribution in [2.24, 2.45) is 0 Å². The van der Waals surface area contributed by atoms with Crippen molar-refractivity contribution >= 4 is 17.2 Å². The molecule has 0 unspecified atom stereocenters. The quantitative estimate of drug-likeness (QED) is 0.685. The molecule has 0 atom stereocenters. The number of hydrogen-bond donors (Lipinski definition) is 0. The molecule has 3 heterocycles. The Bertz CT molecular complexity index is 944. The first kappa shape index (κ1) is 17.9. The van der Waals surface area contributed by atoms with Crippen molar-refractivity contribution in [1.29, 1.82) is 0 Å².